The number of ether oxygens (including phenoxy) is 1. The molecule has 0 unspecified atom stereocenters. The predicted octanol–water partition coefficient (Wildman–Crippen LogP) is 2.91. The molecule has 0 amide bonds. The molecule has 3 nitrogen and oxygen atoms in total. The van der Waals surface area contributed by atoms with E-state index in [-0.39, 0.29) is 5.84 Å². The van der Waals surface area contributed by atoms with Crippen LogP contribution in [-0.2, 0) is 0 Å². The maximum absolute atomic E-state index is 7.41. The van der Waals surface area contributed by atoms with Crippen molar-refractivity contribution in [3.63, 3.8) is 0 Å². The molecule has 1 aromatic carbocycles. The van der Waals surface area contributed by atoms with Gasteiger partial charge in [0.15, 0.2) is 0 Å². The number of halogens is 1. The van der Waals surface area contributed by atoms with Crippen molar-refractivity contribution in [2.45, 2.75) is 19.8 Å². The summed E-state index contributed by atoms with van der Waals surface area (Å²) >= 11 is 3.36. The molecule has 0 fully saturated rings. The van der Waals surface area contributed by atoms with E-state index in [2.05, 4.69) is 22.9 Å². The van der Waals surface area contributed by atoms with Crippen molar-refractivity contribution in [2.75, 3.05) is 6.61 Å². The molecule has 0 aromatic heterocycles. The fraction of sp³-hybridized carbons (Fsp3) is 0.364. The largest absolute Gasteiger partial charge is 0.493 e. The van der Waals surface area contributed by atoms with Gasteiger partial charge < -0.3 is 10.5 Å². The van der Waals surface area contributed by atoms with E-state index in [1.54, 1.807) is 6.07 Å². The average molecular weight is 271 g/mol. The van der Waals surface area contributed by atoms with Gasteiger partial charge in [-0.1, -0.05) is 29.3 Å². The van der Waals surface area contributed by atoms with Crippen LogP contribution in [0.5, 0.6) is 5.75 Å². The summed E-state index contributed by atoms with van der Waals surface area (Å²) < 4.78 is 6.50. The molecule has 4 heteroatoms. The lowest BCUT2D eigenvalue weighted by atomic mass is 10.2. The van der Waals surface area contributed by atoms with Gasteiger partial charge in [0.25, 0.3) is 0 Å². The Morgan fingerprint density at radius 2 is 2.27 bits per heavy atom. The lowest BCUT2D eigenvalue weighted by Crippen LogP contribution is -2.13. The van der Waals surface area contributed by atoms with Crippen LogP contribution in [0.1, 0.15) is 25.3 Å². The van der Waals surface area contributed by atoms with Crippen LogP contribution >= 0.6 is 15.9 Å². The number of unbranched alkanes of at least 4 members (excludes halogenated alkanes) is 1. The van der Waals surface area contributed by atoms with Crippen molar-refractivity contribution < 1.29 is 4.74 Å². The van der Waals surface area contributed by atoms with Crippen LogP contribution in [0.4, 0.5) is 0 Å². The highest BCUT2D eigenvalue weighted by molar-refractivity contribution is 9.10. The van der Waals surface area contributed by atoms with Crippen LogP contribution < -0.4 is 10.5 Å². The molecule has 15 heavy (non-hydrogen) atoms. The fourth-order valence-electron chi connectivity index (χ4n) is 1.16. The highest BCUT2D eigenvalue weighted by atomic mass is 79.9. The van der Waals surface area contributed by atoms with Gasteiger partial charge >= 0.3 is 0 Å². The van der Waals surface area contributed by atoms with Crippen LogP contribution in [0.3, 0.4) is 0 Å². The summed E-state index contributed by atoms with van der Waals surface area (Å²) in [7, 11) is 0. The van der Waals surface area contributed by atoms with Gasteiger partial charge in [0.1, 0.15) is 11.6 Å². The van der Waals surface area contributed by atoms with Gasteiger partial charge in [0.2, 0.25) is 0 Å². The number of hydrogen-bond acceptors (Lipinski definition) is 2. The summed E-state index contributed by atoms with van der Waals surface area (Å²) in [5.41, 5.74) is 6.10. The van der Waals surface area contributed by atoms with Gasteiger partial charge in [-0.3, -0.25) is 5.41 Å². The Labute approximate surface area is 98.3 Å². The van der Waals surface area contributed by atoms with Crippen LogP contribution in [0.2, 0.25) is 0 Å². The molecule has 0 heterocycles. The number of nitrogens with two attached hydrogens (primary N) is 1. The number of nitrogen functional groups attached to an aromatic ring is 1. The lowest BCUT2D eigenvalue weighted by molar-refractivity contribution is 0.308. The van der Waals surface area contributed by atoms with Crippen LogP contribution in [0.15, 0.2) is 22.7 Å². The van der Waals surface area contributed by atoms with Crippen molar-refractivity contribution in [3.05, 3.63) is 28.2 Å². The summed E-state index contributed by atoms with van der Waals surface area (Å²) in [5.74, 6) is 0.708. The molecule has 3 N–H and O–H groups in total. The molecule has 1 rings (SSSR count). The third kappa shape index (κ3) is 3.55. The van der Waals surface area contributed by atoms with Gasteiger partial charge in [-0.2, -0.15) is 0 Å². The Kier molecular flexibility index (Phi) is 4.62. The first-order valence-electron chi connectivity index (χ1n) is 4.92. The van der Waals surface area contributed by atoms with Crippen molar-refractivity contribution in [3.8, 4) is 5.75 Å². The van der Waals surface area contributed by atoms with E-state index in [1.807, 2.05) is 12.1 Å². The lowest BCUT2D eigenvalue weighted by Gasteiger charge is -2.10. The van der Waals surface area contributed by atoms with Gasteiger partial charge in [0, 0.05) is 4.47 Å². The number of amidine groups is 1. The Bertz CT molecular complexity index is 352. The zero-order valence-electron chi connectivity index (χ0n) is 8.72. The van der Waals surface area contributed by atoms with Gasteiger partial charge in [0.05, 0.1) is 12.2 Å². The fourth-order valence-corrected chi connectivity index (χ4v) is 1.50. The highest BCUT2D eigenvalue weighted by Gasteiger charge is 2.06. The van der Waals surface area contributed by atoms with Crippen LogP contribution in [0, 0.1) is 5.41 Å². The summed E-state index contributed by atoms with van der Waals surface area (Å²) in [6.45, 7) is 2.77. The number of hydrogen-bond donors (Lipinski definition) is 2. The van der Waals surface area contributed by atoms with Gasteiger partial charge in [-0.15, -0.1) is 0 Å². The molecule has 0 aliphatic carbocycles. The van der Waals surface area contributed by atoms with Crippen molar-refractivity contribution in [1.29, 1.82) is 5.41 Å². The normalized spacial score (nSPS) is 10.0. The number of benzene rings is 1. The van der Waals surface area contributed by atoms with E-state index < -0.39 is 0 Å². The Morgan fingerprint density at radius 1 is 1.53 bits per heavy atom. The topological polar surface area (TPSA) is 59.1 Å². The van der Waals surface area contributed by atoms with E-state index in [4.69, 9.17) is 15.9 Å². The molecular formula is C11H15BrN2O. The van der Waals surface area contributed by atoms with Crippen LogP contribution in [-0.4, -0.2) is 12.4 Å². The molecule has 0 radical (unpaired) electrons. The minimum absolute atomic E-state index is 0.0361. The van der Waals surface area contributed by atoms with Crippen molar-refractivity contribution in [2.24, 2.45) is 5.73 Å². The second-order valence-corrected chi connectivity index (χ2v) is 4.17. The molecule has 0 aliphatic heterocycles. The minimum Gasteiger partial charge on any atom is -0.493 e. The van der Waals surface area contributed by atoms with E-state index in [1.165, 1.54) is 0 Å². The first-order valence-corrected chi connectivity index (χ1v) is 5.71. The summed E-state index contributed by atoms with van der Waals surface area (Å²) in [5, 5.41) is 7.41. The van der Waals surface area contributed by atoms with Gasteiger partial charge in [-0.25, -0.2) is 0 Å². The zero-order chi connectivity index (χ0) is 11.3. The Balaban J connectivity index is 2.82. The first kappa shape index (κ1) is 12.0. The molecule has 0 bridgehead atoms. The molecule has 1 aromatic rings. The van der Waals surface area contributed by atoms with Gasteiger partial charge in [-0.05, 0) is 24.6 Å². The zero-order valence-corrected chi connectivity index (χ0v) is 10.3. The molecule has 0 saturated carbocycles. The van der Waals surface area contributed by atoms with E-state index >= 15 is 0 Å². The monoisotopic (exact) mass is 270 g/mol. The average Bonchev–Trinajstić information content (AvgIpc) is 2.18. The quantitative estimate of drug-likeness (QED) is 0.491. The van der Waals surface area contributed by atoms with E-state index in [9.17, 15) is 0 Å². The third-order valence-corrected chi connectivity index (χ3v) is 2.48. The SMILES string of the molecule is CCCCOc1cc(Br)ccc1C(=N)N. The molecular weight excluding hydrogens is 256 g/mol. The number of nitrogens with one attached hydrogen (secondary N) is 1. The van der Waals surface area contributed by atoms with E-state index in [0.717, 1.165) is 17.3 Å². The molecule has 0 aliphatic rings. The first-order chi connectivity index (χ1) is 7.15. The van der Waals surface area contributed by atoms with E-state index in [0.29, 0.717) is 17.9 Å². The summed E-state index contributed by atoms with van der Waals surface area (Å²) in [4.78, 5) is 0. The third-order valence-electron chi connectivity index (χ3n) is 1.99. The summed E-state index contributed by atoms with van der Waals surface area (Å²) in [6, 6.07) is 5.48. The maximum Gasteiger partial charge on any atom is 0.131 e. The standard InChI is InChI=1S/C11H15BrN2O/c1-2-3-6-15-10-7-8(12)4-5-9(10)11(13)14/h4-5,7H,2-3,6H2,1H3,(H3,13,14). The smallest absolute Gasteiger partial charge is 0.131 e. The Morgan fingerprint density at radius 3 is 2.87 bits per heavy atom. The molecule has 0 atom stereocenters. The van der Waals surface area contributed by atoms with Crippen LogP contribution in [0.25, 0.3) is 0 Å². The summed E-state index contributed by atoms with van der Waals surface area (Å²) in [6.07, 6.45) is 2.09. The molecule has 82 valence electrons. The maximum atomic E-state index is 7.41. The second-order valence-electron chi connectivity index (χ2n) is 3.26. The second kappa shape index (κ2) is 5.75. The highest BCUT2D eigenvalue weighted by Crippen LogP contribution is 2.23. The van der Waals surface area contributed by atoms with Crippen molar-refractivity contribution >= 4 is 21.8 Å². The Hall–Kier alpha value is -1.03. The molecule has 0 spiro atoms. The molecule has 0 saturated heterocycles. The van der Waals surface area contributed by atoms with Crippen molar-refractivity contribution in [1.82, 2.24) is 0 Å². The minimum atomic E-state index is 0.0361. The predicted molar refractivity (Wildman–Crippen MR) is 65.6 cm³/mol. The number of rotatable bonds is 5.